The molecule has 8 heteroatoms. The lowest BCUT2D eigenvalue weighted by molar-refractivity contribution is -0.129. The largest absolute Gasteiger partial charge is 0.365 e. The first-order valence-corrected chi connectivity index (χ1v) is 9.37. The van der Waals surface area contributed by atoms with Crippen molar-refractivity contribution in [2.24, 2.45) is 5.73 Å². The van der Waals surface area contributed by atoms with Crippen molar-refractivity contribution >= 4 is 51.5 Å². The van der Waals surface area contributed by atoms with Crippen LogP contribution in [0.1, 0.15) is 32.6 Å². The minimum absolute atomic E-state index is 0.0101. The van der Waals surface area contributed by atoms with Crippen molar-refractivity contribution in [1.82, 2.24) is 4.90 Å². The van der Waals surface area contributed by atoms with Crippen molar-refractivity contribution in [3.63, 3.8) is 0 Å². The Morgan fingerprint density at radius 2 is 2.16 bits per heavy atom. The van der Waals surface area contributed by atoms with Crippen molar-refractivity contribution in [1.29, 1.82) is 0 Å². The molecule has 2 aromatic rings. The van der Waals surface area contributed by atoms with E-state index in [1.807, 2.05) is 17.5 Å². The van der Waals surface area contributed by atoms with E-state index in [9.17, 15) is 14.4 Å². The van der Waals surface area contributed by atoms with Gasteiger partial charge in [0.2, 0.25) is 11.8 Å². The SMILES string of the molecule is CC(=O)N1CCc2c(sc(NC(=O)C=Cc3cccs3)c2C(N)=O)C1. The summed E-state index contributed by atoms with van der Waals surface area (Å²) >= 11 is 2.83. The molecular weight excluding hydrogens is 358 g/mol. The molecule has 0 fully saturated rings. The minimum Gasteiger partial charge on any atom is -0.365 e. The van der Waals surface area contributed by atoms with Crippen LogP contribution < -0.4 is 11.1 Å². The molecule has 0 saturated heterocycles. The summed E-state index contributed by atoms with van der Waals surface area (Å²) in [6, 6.07) is 3.81. The Morgan fingerprint density at radius 3 is 2.80 bits per heavy atom. The number of thiophene rings is 2. The van der Waals surface area contributed by atoms with Gasteiger partial charge in [-0.05, 0) is 29.5 Å². The fraction of sp³-hybridized carbons (Fsp3) is 0.235. The number of nitrogens with one attached hydrogen (secondary N) is 1. The molecule has 2 aromatic heterocycles. The fourth-order valence-corrected chi connectivity index (χ4v) is 4.61. The predicted octanol–water partition coefficient (Wildman–Crippen LogP) is 2.47. The van der Waals surface area contributed by atoms with E-state index in [1.165, 1.54) is 35.7 Å². The monoisotopic (exact) mass is 375 g/mol. The maximum absolute atomic E-state index is 12.2. The van der Waals surface area contributed by atoms with Gasteiger partial charge in [0.1, 0.15) is 5.00 Å². The Bertz CT molecular complexity index is 853. The summed E-state index contributed by atoms with van der Waals surface area (Å²) in [6.07, 6.45) is 3.71. The molecule has 0 radical (unpaired) electrons. The number of rotatable bonds is 4. The summed E-state index contributed by atoms with van der Waals surface area (Å²) in [4.78, 5) is 39.2. The van der Waals surface area contributed by atoms with Gasteiger partial charge in [-0.15, -0.1) is 22.7 Å². The predicted molar refractivity (Wildman–Crippen MR) is 99.6 cm³/mol. The zero-order valence-corrected chi connectivity index (χ0v) is 15.2. The van der Waals surface area contributed by atoms with Crippen LogP contribution in [0.5, 0.6) is 0 Å². The number of nitrogens with two attached hydrogens (primary N) is 1. The van der Waals surface area contributed by atoms with Gasteiger partial charge in [-0.1, -0.05) is 6.07 Å². The zero-order valence-electron chi connectivity index (χ0n) is 13.6. The topological polar surface area (TPSA) is 92.5 Å². The highest BCUT2D eigenvalue weighted by Gasteiger charge is 2.28. The maximum atomic E-state index is 12.2. The van der Waals surface area contributed by atoms with E-state index in [0.29, 0.717) is 30.1 Å². The molecule has 3 rings (SSSR count). The van der Waals surface area contributed by atoms with Gasteiger partial charge in [0, 0.05) is 29.3 Å². The molecule has 0 atom stereocenters. The summed E-state index contributed by atoms with van der Waals surface area (Å²) in [6.45, 7) is 2.51. The van der Waals surface area contributed by atoms with Gasteiger partial charge < -0.3 is 16.0 Å². The standard InChI is InChI=1S/C17H17N3O3S2/c1-10(21)20-7-6-12-13(9-20)25-17(15(12)16(18)23)19-14(22)5-4-11-3-2-8-24-11/h2-5,8H,6-7,9H2,1H3,(H2,18,23)(H,19,22). The quantitative estimate of drug-likeness (QED) is 0.804. The van der Waals surface area contributed by atoms with Crippen molar-refractivity contribution in [2.45, 2.75) is 19.9 Å². The van der Waals surface area contributed by atoms with Gasteiger partial charge >= 0.3 is 0 Å². The Kier molecular flexibility index (Phi) is 5.00. The first-order chi connectivity index (χ1) is 12.0. The molecule has 0 aromatic carbocycles. The molecule has 0 aliphatic carbocycles. The molecule has 3 heterocycles. The average molecular weight is 375 g/mol. The average Bonchev–Trinajstić information content (AvgIpc) is 3.19. The molecular formula is C17H17N3O3S2. The van der Waals surface area contributed by atoms with Gasteiger partial charge in [0.25, 0.3) is 5.91 Å². The number of carbonyl (C=O) groups is 3. The van der Waals surface area contributed by atoms with Crippen LogP contribution >= 0.6 is 22.7 Å². The van der Waals surface area contributed by atoms with Crippen LogP contribution in [0.4, 0.5) is 5.00 Å². The number of primary amides is 1. The number of hydrogen-bond acceptors (Lipinski definition) is 5. The number of carbonyl (C=O) groups excluding carboxylic acids is 3. The van der Waals surface area contributed by atoms with Gasteiger partial charge in [0.05, 0.1) is 12.1 Å². The Balaban J connectivity index is 1.83. The molecule has 0 spiro atoms. The van der Waals surface area contributed by atoms with E-state index >= 15 is 0 Å². The third-order valence-electron chi connectivity index (χ3n) is 3.93. The third-order valence-corrected chi connectivity index (χ3v) is 5.90. The lowest BCUT2D eigenvalue weighted by Crippen LogP contribution is -2.34. The highest BCUT2D eigenvalue weighted by Crippen LogP contribution is 2.37. The van der Waals surface area contributed by atoms with E-state index in [2.05, 4.69) is 5.32 Å². The van der Waals surface area contributed by atoms with Gasteiger partial charge in [-0.3, -0.25) is 14.4 Å². The number of fused-ring (bicyclic) bond motifs is 1. The van der Waals surface area contributed by atoms with Crippen molar-refractivity contribution in [2.75, 3.05) is 11.9 Å². The number of anilines is 1. The first-order valence-electron chi connectivity index (χ1n) is 7.68. The molecule has 1 aliphatic rings. The summed E-state index contributed by atoms with van der Waals surface area (Å²) in [7, 11) is 0. The van der Waals surface area contributed by atoms with E-state index in [1.54, 1.807) is 11.0 Å². The molecule has 0 saturated carbocycles. The molecule has 1 aliphatic heterocycles. The van der Waals surface area contributed by atoms with E-state index in [0.717, 1.165) is 15.3 Å². The fourth-order valence-electron chi connectivity index (χ4n) is 2.72. The Morgan fingerprint density at radius 1 is 1.36 bits per heavy atom. The maximum Gasteiger partial charge on any atom is 0.251 e. The summed E-state index contributed by atoms with van der Waals surface area (Å²) < 4.78 is 0. The van der Waals surface area contributed by atoms with Gasteiger partial charge in [0.15, 0.2) is 0 Å². The first kappa shape index (κ1) is 17.4. The second-order valence-corrected chi connectivity index (χ2v) is 7.69. The highest BCUT2D eigenvalue weighted by molar-refractivity contribution is 7.17. The zero-order chi connectivity index (χ0) is 18.0. The van der Waals surface area contributed by atoms with Crippen LogP contribution in [0.2, 0.25) is 0 Å². The van der Waals surface area contributed by atoms with Crippen LogP contribution in [0.15, 0.2) is 23.6 Å². The molecule has 6 nitrogen and oxygen atoms in total. The normalized spacial score (nSPS) is 13.7. The van der Waals surface area contributed by atoms with Crippen LogP contribution in [0.25, 0.3) is 6.08 Å². The van der Waals surface area contributed by atoms with Gasteiger partial charge in [-0.25, -0.2) is 0 Å². The van der Waals surface area contributed by atoms with Crippen molar-refractivity contribution in [3.8, 4) is 0 Å². The molecule has 25 heavy (non-hydrogen) atoms. The Hall–Kier alpha value is -2.45. The second kappa shape index (κ2) is 7.20. The molecule has 0 unspecified atom stereocenters. The smallest absolute Gasteiger partial charge is 0.251 e. The van der Waals surface area contributed by atoms with Crippen LogP contribution in [-0.2, 0) is 22.6 Å². The highest BCUT2D eigenvalue weighted by atomic mass is 32.1. The summed E-state index contributed by atoms with van der Waals surface area (Å²) in [5.41, 5.74) is 6.73. The van der Waals surface area contributed by atoms with E-state index in [4.69, 9.17) is 5.73 Å². The van der Waals surface area contributed by atoms with E-state index < -0.39 is 5.91 Å². The van der Waals surface area contributed by atoms with Crippen LogP contribution in [0, 0.1) is 0 Å². The van der Waals surface area contributed by atoms with Crippen LogP contribution in [0.3, 0.4) is 0 Å². The Labute approximate surface area is 152 Å². The lowest BCUT2D eigenvalue weighted by atomic mass is 10.0. The number of nitrogens with zero attached hydrogens (tertiary/aromatic N) is 1. The molecule has 3 amide bonds. The lowest BCUT2D eigenvalue weighted by Gasteiger charge is -2.25. The van der Waals surface area contributed by atoms with Crippen LogP contribution in [-0.4, -0.2) is 29.2 Å². The number of hydrogen-bond donors (Lipinski definition) is 2. The van der Waals surface area contributed by atoms with Crippen molar-refractivity contribution in [3.05, 3.63) is 44.5 Å². The summed E-state index contributed by atoms with van der Waals surface area (Å²) in [5, 5.41) is 5.12. The number of amides is 3. The third kappa shape index (κ3) is 3.80. The van der Waals surface area contributed by atoms with Gasteiger partial charge in [-0.2, -0.15) is 0 Å². The van der Waals surface area contributed by atoms with Crippen molar-refractivity contribution < 1.29 is 14.4 Å². The molecule has 130 valence electrons. The summed E-state index contributed by atoms with van der Waals surface area (Å²) in [5.74, 6) is -0.895. The minimum atomic E-state index is -0.564. The van der Waals surface area contributed by atoms with E-state index in [-0.39, 0.29) is 11.8 Å². The molecule has 3 N–H and O–H groups in total. The molecule has 0 bridgehead atoms. The second-order valence-electron chi connectivity index (χ2n) is 5.60.